The molecule has 13 heavy (non-hydrogen) atoms. The van der Waals surface area contributed by atoms with Crippen molar-refractivity contribution in [3.63, 3.8) is 0 Å². The summed E-state index contributed by atoms with van der Waals surface area (Å²) in [5.41, 5.74) is 0.870. The Morgan fingerprint density at radius 2 is 2.00 bits per heavy atom. The number of imidazole rings is 1. The van der Waals surface area contributed by atoms with Crippen molar-refractivity contribution in [3.8, 4) is 0 Å². The van der Waals surface area contributed by atoms with Gasteiger partial charge in [-0.3, -0.25) is 4.79 Å². The molecule has 0 fully saturated rings. The van der Waals surface area contributed by atoms with Gasteiger partial charge in [0.2, 0.25) is 0 Å². The number of aryl methyl sites for hydroxylation is 1. The molecule has 1 aromatic rings. The maximum absolute atomic E-state index is 11.4. The molecule has 0 aromatic carbocycles. The van der Waals surface area contributed by atoms with Gasteiger partial charge in [0.15, 0.2) is 5.78 Å². The van der Waals surface area contributed by atoms with Crippen LogP contribution in [0.15, 0.2) is 4.79 Å². The number of nitrogens with one attached hydrogen (secondary N) is 2. The molecule has 1 aromatic heterocycles. The number of H-pyrrole nitrogens is 2. The van der Waals surface area contributed by atoms with Crippen molar-refractivity contribution in [3.05, 3.63) is 21.9 Å². The zero-order chi connectivity index (χ0) is 9.84. The van der Waals surface area contributed by atoms with Crippen LogP contribution in [0.1, 0.15) is 42.9 Å². The second-order valence-corrected chi connectivity index (χ2v) is 2.96. The zero-order valence-electron chi connectivity index (χ0n) is 7.94. The summed E-state index contributed by atoms with van der Waals surface area (Å²) in [6.45, 7) is 3.84. The molecule has 2 N–H and O–H groups in total. The van der Waals surface area contributed by atoms with E-state index in [0.29, 0.717) is 24.2 Å². The first-order chi connectivity index (χ1) is 6.19. The third-order valence-electron chi connectivity index (χ3n) is 1.91. The van der Waals surface area contributed by atoms with Gasteiger partial charge in [0.05, 0.1) is 0 Å². The first-order valence-electron chi connectivity index (χ1n) is 4.53. The Hall–Kier alpha value is -1.32. The van der Waals surface area contributed by atoms with Gasteiger partial charge in [-0.25, -0.2) is 4.79 Å². The lowest BCUT2D eigenvalue weighted by molar-refractivity contribution is 0.0976. The Labute approximate surface area is 76.4 Å². The van der Waals surface area contributed by atoms with Gasteiger partial charge in [0.1, 0.15) is 5.69 Å². The predicted molar refractivity (Wildman–Crippen MR) is 50.0 cm³/mol. The zero-order valence-corrected chi connectivity index (χ0v) is 7.94. The number of aromatic nitrogens is 2. The fourth-order valence-electron chi connectivity index (χ4n) is 1.28. The lowest BCUT2D eigenvalue weighted by Crippen LogP contribution is -2.05. The van der Waals surface area contributed by atoms with Gasteiger partial charge in [0, 0.05) is 12.1 Å². The van der Waals surface area contributed by atoms with E-state index in [1.54, 1.807) is 0 Å². The van der Waals surface area contributed by atoms with Crippen LogP contribution in [0, 0.1) is 0 Å². The Bertz CT molecular complexity index is 349. The third kappa shape index (κ3) is 2.08. The summed E-state index contributed by atoms with van der Waals surface area (Å²) in [6, 6.07) is 0. The molecule has 0 radical (unpaired) electrons. The molecule has 0 amide bonds. The van der Waals surface area contributed by atoms with Gasteiger partial charge in [0.25, 0.3) is 0 Å². The van der Waals surface area contributed by atoms with Crippen LogP contribution in [0.4, 0.5) is 0 Å². The fraction of sp³-hybridized carbons (Fsp3) is 0.556. The minimum absolute atomic E-state index is 0.0118. The number of Topliss-reactive ketones (excluding diaryl/α,β-unsaturated/α-hetero) is 1. The molecular weight excluding hydrogens is 168 g/mol. The minimum atomic E-state index is -0.295. The molecule has 0 aliphatic rings. The van der Waals surface area contributed by atoms with Crippen molar-refractivity contribution >= 4 is 5.78 Å². The quantitative estimate of drug-likeness (QED) is 0.688. The third-order valence-corrected chi connectivity index (χ3v) is 1.91. The van der Waals surface area contributed by atoms with Crippen molar-refractivity contribution in [2.75, 3.05) is 0 Å². The van der Waals surface area contributed by atoms with E-state index in [-0.39, 0.29) is 11.5 Å². The second kappa shape index (κ2) is 4.07. The van der Waals surface area contributed by atoms with Crippen LogP contribution in [-0.4, -0.2) is 15.8 Å². The summed E-state index contributed by atoms with van der Waals surface area (Å²) in [7, 11) is 0. The van der Waals surface area contributed by atoms with E-state index in [1.807, 2.05) is 13.8 Å². The molecule has 0 aliphatic heterocycles. The van der Waals surface area contributed by atoms with Gasteiger partial charge < -0.3 is 9.97 Å². The van der Waals surface area contributed by atoms with Crippen LogP contribution < -0.4 is 5.69 Å². The summed E-state index contributed by atoms with van der Waals surface area (Å²) >= 11 is 0. The molecule has 4 nitrogen and oxygen atoms in total. The van der Waals surface area contributed by atoms with Gasteiger partial charge >= 0.3 is 5.69 Å². The average molecular weight is 182 g/mol. The SMILES string of the molecule is CCCC(=O)c1[nH]c(=O)[nH]c1CC. The maximum Gasteiger partial charge on any atom is 0.323 e. The highest BCUT2D eigenvalue weighted by atomic mass is 16.1. The minimum Gasteiger partial charge on any atom is -0.309 e. The van der Waals surface area contributed by atoms with Crippen LogP contribution >= 0.6 is 0 Å². The lowest BCUT2D eigenvalue weighted by atomic mass is 10.1. The molecular formula is C9H14N2O2. The Morgan fingerprint density at radius 1 is 1.31 bits per heavy atom. The highest BCUT2D eigenvalue weighted by Crippen LogP contribution is 2.05. The number of ketones is 1. The van der Waals surface area contributed by atoms with Crippen molar-refractivity contribution in [2.24, 2.45) is 0 Å². The van der Waals surface area contributed by atoms with Gasteiger partial charge in [-0.15, -0.1) is 0 Å². The smallest absolute Gasteiger partial charge is 0.309 e. The molecule has 4 heteroatoms. The number of carbonyl (C=O) groups excluding carboxylic acids is 1. The first kappa shape index (κ1) is 9.77. The van der Waals surface area contributed by atoms with E-state index in [9.17, 15) is 9.59 Å². The summed E-state index contributed by atoms with van der Waals surface area (Å²) < 4.78 is 0. The van der Waals surface area contributed by atoms with Crippen LogP contribution in [0.3, 0.4) is 0 Å². The highest BCUT2D eigenvalue weighted by molar-refractivity contribution is 5.95. The first-order valence-corrected chi connectivity index (χ1v) is 4.53. The van der Waals surface area contributed by atoms with E-state index in [1.165, 1.54) is 0 Å². The molecule has 1 rings (SSSR count). The number of hydrogen-bond donors (Lipinski definition) is 2. The summed E-state index contributed by atoms with van der Waals surface area (Å²) in [4.78, 5) is 27.5. The number of carbonyl (C=O) groups is 1. The molecule has 0 saturated heterocycles. The van der Waals surface area contributed by atoms with Crippen molar-refractivity contribution in [1.29, 1.82) is 0 Å². The molecule has 1 heterocycles. The topological polar surface area (TPSA) is 65.7 Å². The van der Waals surface area contributed by atoms with E-state index in [4.69, 9.17) is 0 Å². The summed E-state index contributed by atoms with van der Waals surface area (Å²) in [6.07, 6.45) is 1.96. The normalized spacial score (nSPS) is 10.3. The molecule has 0 saturated carbocycles. The van der Waals surface area contributed by atoms with Crippen LogP contribution in [0.5, 0.6) is 0 Å². The Kier molecular flexibility index (Phi) is 3.06. The van der Waals surface area contributed by atoms with E-state index in [0.717, 1.165) is 6.42 Å². The van der Waals surface area contributed by atoms with Crippen LogP contribution in [0.2, 0.25) is 0 Å². The molecule has 72 valence electrons. The molecule has 0 aliphatic carbocycles. The molecule has 0 bridgehead atoms. The Balaban J connectivity index is 2.98. The summed E-state index contributed by atoms with van der Waals surface area (Å²) in [5, 5.41) is 0. The molecule has 0 spiro atoms. The lowest BCUT2D eigenvalue weighted by Gasteiger charge is -1.97. The van der Waals surface area contributed by atoms with Crippen molar-refractivity contribution in [1.82, 2.24) is 9.97 Å². The fourth-order valence-corrected chi connectivity index (χ4v) is 1.28. The molecule has 0 unspecified atom stereocenters. The number of aromatic amines is 2. The predicted octanol–water partition coefficient (Wildman–Crippen LogP) is 1.25. The van der Waals surface area contributed by atoms with Crippen molar-refractivity contribution in [2.45, 2.75) is 33.1 Å². The molecule has 0 atom stereocenters. The average Bonchev–Trinajstić information content (AvgIpc) is 2.47. The highest BCUT2D eigenvalue weighted by Gasteiger charge is 2.12. The van der Waals surface area contributed by atoms with E-state index < -0.39 is 0 Å². The number of rotatable bonds is 4. The van der Waals surface area contributed by atoms with Gasteiger partial charge in [-0.2, -0.15) is 0 Å². The second-order valence-electron chi connectivity index (χ2n) is 2.96. The van der Waals surface area contributed by atoms with E-state index >= 15 is 0 Å². The van der Waals surface area contributed by atoms with Crippen LogP contribution in [-0.2, 0) is 6.42 Å². The standard InChI is InChI=1S/C9H14N2O2/c1-3-5-7(12)8-6(4-2)10-9(13)11-8/h3-5H2,1-2H3,(H2,10,11,13). The largest absolute Gasteiger partial charge is 0.323 e. The maximum atomic E-state index is 11.4. The monoisotopic (exact) mass is 182 g/mol. The Morgan fingerprint density at radius 3 is 2.54 bits per heavy atom. The summed E-state index contributed by atoms with van der Waals surface area (Å²) in [5.74, 6) is 0.0118. The van der Waals surface area contributed by atoms with Crippen LogP contribution in [0.25, 0.3) is 0 Å². The van der Waals surface area contributed by atoms with Crippen molar-refractivity contribution < 1.29 is 4.79 Å². The number of hydrogen-bond acceptors (Lipinski definition) is 2. The van der Waals surface area contributed by atoms with Gasteiger partial charge in [-0.1, -0.05) is 13.8 Å². The van der Waals surface area contributed by atoms with Gasteiger partial charge in [-0.05, 0) is 12.8 Å². The van der Waals surface area contributed by atoms with E-state index in [2.05, 4.69) is 9.97 Å².